The quantitative estimate of drug-likeness (QED) is 0.580. The summed E-state index contributed by atoms with van der Waals surface area (Å²) in [6, 6.07) is 15.3. The molecule has 6 heteroatoms. The Labute approximate surface area is 201 Å². The minimum Gasteiger partial charge on any atom is -0.450 e. The maximum absolute atomic E-state index is 12.6. The summed E-state index contributed by atoms with van der Waals surface area (Å²) in [5.74, 6) is -0.0144. The van der Waals surface area contributed by atoms with E-state index in [1.54, 1.807) is 11.9 Å². The minimum atomic E-state index is -0.500. The highest BCUT2D eigenvalue weighted by Gasteiger charge is 2.44. The van der Waals surface area contributed by atoms with Gasteiger partial charge in [-0.2, -0.15) is 0 Å². The van der Waals surface area contributed by atoms with Crippen molar-refractivity contribution in [1.82, 2.24) is 14.8 Å². The first kappa shape index (κ1) is 22.9. The Morgan fingerprint density at radius 2 is 2.09 bits per heavy atom. The number of rotatable bonds is 4. The average Bonchev–Trinajstić information content (AvgIpc) is 3.22. The minimum absolute atomic E-state index is 0.0144. The number of aliphatic hydroxyl groups is 1. The van der Waals surface area contributed by atoms with Gasteiger partial charge in [0.25, 0.3) is 0 Å². The lowest BCUT2D eigenvalue weighted by molar-refractivity contribution is -0.0276. The Morgan fingerprint density at radius 1 is 1.29 bits per heavy atom. The monoisotopic (exact) mass is 461 g/mol. The Kier molecular flexibility index (Phi) is 6.13. The van der Waals surface area contributed by atoms with Gasteiger partial charge < -0.3 is 19.7 Å². The number of amides is 1. The van der Waals surface area contributed by atoms with E-state index in [0.717, 1.165) is 25.9 Å². The lowest BCUT2D eigenvalue weighted by Crippen LogP contribution is -2.56. The van der Waals surface area contributed by atoms with E-state index in [9.17, 15) is 9.90 Å². The molecule has 0 aliphatic carbocycles. The third kappa shape index (κ3) is 3.89. The van der Waals surface area contributed by atoms with Crippen molar-refractivity contribution in [1.29, 1.82) is 0 Å². The Bertz CT molecular complexity index is 1200. The molecule has 0 spiro atoms. The zero-order valence-electron chi connectivity index (χ0n) is 20.5. The molecule has 2 aliphatic rings. The molecule has 0 bridgehead atoms. The van der Waals surface area contributed by atoms with Crippen molar-refractivity contribution in [3.05, 3.63) is 59.3 Å². The van der Waals surface area contributed by atoms with E-state index in [-0.39, 0.29) is 24.1 Å². The maximum Gasteiger partial charge on any atom is 0.409 e. The van der Waals surface area contributed by atoms with Crippen LogP contribution < -0.4 is 0 Å². The van der Waals surface area contributed by atoms with Crippen LogP contribution in [0, 0.1) is 12.8 Å². The fraction of sp³-hybridized carbons (Fsp3) is 0.464. The van der Waals surface area contributed by atoms with Gasteiger partial charge in [0, 0.05) is 48.7 Å². The van der Waals surface area contributed by atoms with E-state index in [4.69, 9.17) is 4.74 Å². The summed E-state index contributed by atoms with van der Waals surface area (Å²) >= 11 is 0. The van der Waals surface area contributed by atoms with Gasteiger partial charge in [-0.25, -0.2) is 4.79 Å². The molecule has 2 aliphatic heterocycles. The van der Waals surface area contributed by atoms with Gasteiger partial charge in [0.2, 0.25) is 0 Å². The number of aryl methyl sites for hydroxylation is 1. The lowest BCUT2D eigenvalue weighted by atomic mass is 9.80. The number of benzene rings is 2. The summed E-state index contributed by atoms with van der Waals surface area (Å²) < 4.78 is 5.30. The average molecular weight is 462 g/mol. The van der Waals surface area contributed by atoms with Crippen LogP contribution in [0.1, 0.15) is 43.1 Å². The maximum atomic E-state index is 12.6. The van der Waals surface area contributed by atoms with Crippen molar-refractivity contribution in [3.63, 3.8) is 0 Å². The number of nitrogens with one attached hydrogen (secondary N) is 1. The number of nitrogens with zero attached hydrogens (tertiary/aromatic N) is 2. The molecule has 180 valence electrons. The number of hydrogen-bond acceptors (Lipinski definition) is 4. The summed E-state index contributed by atoms with van der Waals surface area (Å²) in [6.45, 7) is 7.85. The van der Waals surface area contributed by atoms with Gasteiger partial charge in [-0.05, 0) is 44.7 Å². The molecule has 3 aromatic rings. The smallest absolute Gasteiger partial charge is 0.409 e. The Hall–Kier alpha value is -2.83. The van der Waals surface area contributed by atoms with Gasteiger partial charge in [-0.1, -0.05) is 48.0 Å². The van der Waals surface area contributed by atoms with Crippen molar-refractivity contribution >= 4 is 17.0 Å². The summed E-state index contributed by atoms with van der Waals surface area (Å²) in [4.78, 5) is 20.6. The van der Waals surface area contributed by atoms with Crippen LogP contribution in [-0.2, 0) is 11.2 Å². The van der Waals surface area contributed by atoms with Gasteiger partial charge in [-0.15, -0.1) is 0 Å². The predicted molar refractivity (Wildman–Crippen MR) is 135 cm³/mol. The number of aromatic amines is 1. The number of fused-ring (bicyclic) bond motifs is 5. The van der Waals surface area contributed by atoms with E-state index < -0.39 is 6.10 Å². The summed E-state index contributed by atoms with van der Waals surface area (Å²) in [5, 5.41) is 11.9. The van der Waals surface area contributed by atoms with Crippen LogP contribution in [0.25, 0.3) is 22.0 Å². The molecular formula is C28H35N3O3. The molecule has 0 unspecified atom stereocenters. The second kappa shape index (κ2) is 9.08. The first-order valence-corrected chi connectivity index (χ1v) is 12.4. The highest BCUT2D eigenvalue weighted by molar-refractivity contribution is 5.97. The first-order valence-electron chi connectivity index (χ1n) is 12.4. The molecule has 4 atom stereocenters. The fourth-order valence-corrected chi connectivity index (χ4v) is 6.06. The predicted octanol–water partition coefficient (Wildman–Crippen LogP) is 4.90. The second-order valence-electron chi connectivity index (χ2n) is 9.89. The van der Waals surface area contributed by atoms with Gasteiger partial charge in [0.15, 0.2) is 0 Å². The molecule has 6 nitrogen and oxygen atoms in total. The number of para-hydroxylation sites is 1. The topological polar surface area (TPSA) is 68.8 Å². The molecule has 3 heterocycles. The number of hydrogen-bond donors (Lipinski definition) is 2. The van der Waals surface area contributed by atoms with Crippen LogP contribution in [0.4, 0.5) is 4.79 Å². The van der Waals surface area contributed by atoms with Crippen molar-refractivity contribution in [3.8, 4) is 11.1 Å². The third-order valence-corrected chi connectivity index (χ3v) is 7.80. The number of carbonyl (C=O) groups excluding carboxylic acids is 1. The zero-order chi connectivity index (χ0) is 24.0. The fourth-order valence-electron chi connectivity index (χ4n) is 6.06. The van der Waals surface area contributed by atoms with Crippen LogP contribution >= 0.6 is 0 Å². The van der Waals surface area contributed by atoms with Gasteiger partial charge in [0.05, 0.1) is 24.3 Å². The van der Waals surface area contributed by atoms with Gasteiger partial charge in [-0.3, -0.25) is 4.90 Å². The zero-order valence-corrected chi connectivity index (χ0v) is 20.5. The summed E-state index contributed by atoms with van der Waals surface area (Å²) in [5.41, 5.74) is 7.52. The Morgan fingerprint density at radius 3 is 2.82 bits per heavy atom. The Balaban J connectivity index is 1.55. The van der Waals surface area contributed by atoms with E-state index in [1.165, 1.54) is 38.9 Å². The highest BCUT2D eigenvalue weighted by atomic mass is 16.6. The second-order valence-corrected chi connectivity index (χ2v) is 9.89. The molecule has 2 N–H and O–H groups in total. The third-order valence-electron chi connectivity index (χ3n) is 7.80. The lowest BCUT2D eigenvalue weighted by Gasteiger charge is -2.49. The largest absolute Gasteiger partial charge is 0.450 e. The molecule has 1 amide bonds. The van der Waals surface area contributed by atoms with Crippen LogP contribution in [-0.4, -0.2) is 64.9 Å². The molecule has 34 heavy (non-hydrogen) atoms. The van der Waals surface area contributed by atoms with Gasteiger partial charge >= 0.3 is 6.09 Å². The molecule has 1 saturated heterocycles. The molecule has 1 fully saturated rings. The number of carbonyl (C=O) groups is 1. The van der Waals surface area contributed by atoms with E-state index in [0.29, 0.717) is 6.61 Å². The van der Waals surface area contributed by atoms with Crippen molar-refractivity contribution in [2.45, 2.75) is 51.8 Å². The molecule has 0 radical (unpaired) electrons. The molecule has 1 aromatic heterocycles. The van der Waals surface area contributed by atoms with Gasteiger partial charge in [0.1, 0.15) is 0 Å². The van der Waals surface area contributed by atoms with E-state index in [2.05, 4.69) is 59.3 Å². The first-order chi connectivity index (χ1) is 16.4. The van der Waals surface area contributed by atoms with Crippen molar-refractivity contribution < 1.29 is 14.6 Å². The highest BCUT2D eigenvalue weighted by Crippen LogP contribution is 2.44. The number of piperidine rings is 1. The van der Waals surface area contributed by atoms with Crippen molar-refractivity contribution in [2.24, 2.45) is 5.92 Å². The standard InChI is InChI=1S/C28H35N3O3/c1-5-34-28(33)30(4)24-15-25-27-22(12-13-31(25)16-23(24)18(3)32)21-11-7-10-20(26(21)29-27)19-9-6-8-17(2)14-19/h6-11,14,18,23-25,29,32H,5,12-13,15-16H2,1-4H3/t18-,23-,24-,25-/m0/s1. The van der Waals surface area contributed by atoms with Crippen LogP contribution in [0.15, 0.2) is 42.5 Å². The molecule has 5 rings (SSSR count). The normalized spacial score (nSPS) is 23.3. The van der Waals surface area contributed by atoms with Crippen LogP contribution in [0.2, 0.25) is 0 Å². The SMILES string of the molecule is CCOC(=O)N(C)[C@H]1C[C@H]2c3[nH]c4c(-c5cccc(C)c5)cccc4c3CCN2C[C@H]1[C@H](C)O. The van der Waals surface area contributed by atoms with Crippen LogP contribution in [0.3, 0.4) is 0 Å². The van der Waals surface area contributed by atoms with E-state index in [1.807, 2.05) is 13.8 Å². The number of H-pyrrole nitrogens is 1. The number of aliphatic hydroxyl groups excluding tert-OH is 1. The summed E-state index contributed by atoms with van der Waals surface area (Å²) in [7, 11) is 1.80. The van der Waals surface area contributed by atoms with Crippen molar-refractivity contribution in [2.75, 3.05) is 26.7 Å². The summed E-state index contributed by atoms with van der Waals surface area (Å²) in [6.07, 6.45) is 0.930. The van der Waals surface area contributed by atoms with E-state index >= 15 is 0 Å². The molecule has 2 aromatic carbocycles. The number of ether oxygens (including phenoxy) is 1. The molecule has 0 saturated carbocycles. The van der Waals surface area contributed by atoms with Crippen LogP contribution in [0.5, 0.6) is 0 Å². The molecular weight excluding hydrogens is 426 g/mol. The number of aromatic nitrogens is 1.